The highest BCUT2D eigenvalue weighted by Crippen LogP contribution is 2.08. The maximum absolute atomic E-state index is 10.1. The molecule has 0 aliphatic heterocycles. The molecule has 0 radical (unpaired) electrons. The SMILES string of the molecule is CCCCCCCCCC(=O)O.CCCCCCCCCC(=O)O.OCCO. The van der Waals surface area contributed by atoms with Crippen LogP contribution in [-0.4, -0.2) is 45.6 Å². The van der Waals surface area contributed by atoms with Crippen molar-refractivity contribution in [3.8, 4) is 0 Å². The van der Waals surface area contributed by atoms with Crippen molar-refractivity contribution in [2.75, 3.05) is 13.2 Å². The standard InChI is InChI=1S/2C10H20O2.C2H6O2/c2*1-2-3-4-5-6-7-8-9-10(11)12;3-1-2-4/h2*2-9H2,1H3,(H,11,12);3-4H,1-2H2. The minimum atomic E-state index is -0.663. The zero-order valence-corrected chi connectivity index (χ0v) is 18.3. The van der Waals surface area contributed by atoms with Crippen LogP contribution in [0.3, 0.4) is 0 Å². The number of hydrogen-bond donors (Lipinski definition) is 4. The van der Waals surface area contributed by atoms with Crippen molar-refractivity contribution in [3.63, 3.8) is 0 Å². The van der Waals surface area contributed by atoms with E-state index in [1.165, 1.54) is 64.2 Å². The van der Waals surface area contributed by atoms with Crippen LogP contribution in [0.15, 0.2) is 0 Å². The summed E-state index contributed by atoms with van der Waals surface area (Å²) in [6.07, 6.45) is 17.3. The monoisotopic (exact) mass is 406 g/mol. The molecule has 0 unspecified atom stereocenters. The average molecular weight is 407 g/mol. The second-order valence-corrected chi connectivity index (χ2v) is 6.98. The molecule has 0 saturated carbocycles. The Morgan fingerprint density at radius 2 is 0.750 bits per heavy atom. The molecule has 0 aliphatic carbocycles. The molecule has 0 spiro atoms. The lowest BCUT2D eigenvalue weighted by Crippen LogP contribution is -1.93. The van der Waals surface area contributed by atoms with Gasteiger partial charge in [-0.1, -0.05) is 90.9 Å². The number of hydrogen-bond acceptors (Lipinski definition) is 4. The Hall–Kier alpha value is -1.14. The maximum Gasteiger partial charge on any atom is 0.303 e. The fraction of sp³-hybridized carbons (Fsp3) is 0.909. The number of carboxylic acids is 2. The summed E-state index contributed by atoms with van der Waals surface area (Å²) in [5, 5.41) is 32.0. The van der Waals surface area contributed by atoms with E-state index in [1.54, 1.807) is 0 Å². The Labute approximate surface area is 172 Å². The highest BCUT2D eigenvalue weighted by molar-refractivity contribution is 5.66. The van der Waals surface area contributed by atoms with Gasteiger partial charge in [-0.15, -0.1) is 0 Å². The summed E-state index contributed by atoms with van der Waals surface area (Å²) in [7, 11) is 0. The zero-order valence-electron chi connectivity index (χ0n) is 18.3. The van der Waals surface area contributed by atoms with Crippen molar-refractivity contribution < 1.29 is 30.0 Å². The molecule has 0 aromatic carbocycles. The Morgan fingerprint density at radius 3 is 0.964 bits per heavy atom. The first-order valence-corrected chi connectivity index (χ1v) is 11.1. The molecule has 0 atom stereocenters. The van der Waals surface area contributed by atoms with Crippen LogP contribution in [0.1, 0.15) is 117 Å². The molecule has 0 bridgehead atoms. The van der Waals surface area contributed by atoms with Crippen LogP contribution >= 0.6 is 0 Å². The Bertz CT molecular complexity index is 277. The van der Waals surface area contributed by atoms with Crippen LogP contribution in [0.2, 0.25) is 0 Å². The summed E-state index contributed by atoms with van der Waals surface area (Å²) in [5.74, 6) is -1.33. The van der Waals surface area contributed by atoms with Gasteiger partial charge >= 0.3 is 11.9 Å². The fourth-order valence-electron chi connectivity index (χ4n) is 2.47. The van der Waals surface area contributed by atoms with Crippen molar-refractivity contribution in [2.45, 2.75) is 117 Å². The Kier molecular flexibility index (Phi) is 34.5. The van der Waals surface area contributed by atoms with E-state index in [1.807, 2.05) is 0 Å². The molecule has 0 amide bonds. The van der Waals surface area contributed by atoms with Gasteiger partial charge in [0.05, 0.1) is 13.2 Å². The Balaban J connectivity index is -0.000000375. The highest BCUT2D eigenvalue weighted by Gasteiger charge is 1.96. The first-order chi connectivity index (χ1) is 13.5. The lowest BCUT2D eigenvalue weighted by molar-refractivity contribution is -0.138. The number of aliphatic hydroxyl groups is 2. The zero-order chi connectivity index (χ0) is 21.9. The number of carboxylic acid groups (broad SMARTS) is 2. The number of unbranched alkanes of at least 4 members (excludes halogenated alkanes) is 12. The lowest BCUT2D eigenvalue weighted by atomic mass is 10.1. The smallest absolute Gasteiger partial charge is 0.303 e. The molecule has 0 rings (SSSR count). The van der Waals surface area contributed by atoms with Crippen molar-refractivity contribution in [3.05, 3.63) is 0 Å². The second kappa shape index (κ2) is 30.6. The summed E-state index contributed by atoms with van der Waals surface area (Å²) < 4.78 is 0. The summed E-state index contributed by atoms with van der Waals surface area (Å²) >= 11 is 0. The van der Waals surface area contributed by atoms with Gasteiger partial charge in [-0.25, -0.2) is 0 Å². The molecule has 0 aromatic heterocycles. The normalized spacial score (nSPS) is 9.71. The molecule has 0 aromatic rings. The molecule has 0 fully saturated rings. The first-order valence-electron chi connectivity index (χ1n) is 11.1. The van der Waals surface area contributed by atoms with Gasteiger partial charge in [0.2, 0.25) is 0 Å². The van der Waals surface area contributed by atoms with Crippen LogP contribution in [0.4, 0.5) is 0 Å². The fourth-order valence-corrected chi connectivity index (χ4v) is 2.47. The summed E-state index contributed by atoms with van der Waals surface area (Å²) in [6.45, 7) is 4.15. The minimum absolute atomic E-state index is 0.125. The topological polar surface area (TPSA) is 115 Å². The van der Waals surface area contributed by atoms with Crippen LogP contribution in [0.25, 0.3) is 0 Å². The largest absolute Gasteiger partial charge is 0.481 e. The van der Waals surface area contributed by atoms with Gasteiger partial charge in [0.1, 0.15) is 0 Å². The minimum Gasteiger partial charge on any atom is -0.481 e. The van der Waals surface area contributed by atoms with Crippen molar-refractivity contribution in [1.29, 1.82) is 0 Å². The molecule has 0 heterocycles. The van der Waals surface area contributed by atoms with Crippen molar-refractivity contribution >= 4 is 11.9 Å². The molecule has 28 heavy (non-hydrogen) atoms. The average Bonchev–Trinajstić information content (AvgIpc) is 2.67. The van der Waals surface area contributed by atoms with Crippen LogP contribution in [0, 0.1) is 0 Å². The van der Waals surface area contributed by atoms with Gasteiger partial charge in [-0.2, -0.15) is 0 Å². The van der Waals surface area contributed by atoms with E-state index in [0.717, 1.165) is 25.7 Å². The third-order valence-electron chi connectivity index (χ3n) is 4.09. The van der Waals surface area contributed by atoms with Gasteiger partial charge in [-0.05, 0) is 12.8 Å². The van der Waals surface area contributed by atoms with Crippen molar-refractivity contribution in [1.82, 2.24) is 0 Å². The second-order valence-electron chi connectivity index (χ2n) is 6.98. The number of rotatable bonds is 17. The predicted octanol–water partition coefficient (Wildman–Crippen LogP) is 5.39. The van der Waals surface area contributed by atoms with Crippen LogP contribution < -0.4 is 0 Å². The van der Waals surface area contributed by atoms with E-state index in [-0.39, 0.29) is 13.2 Å². The molecule has 6 nitrogen and oxygen atoms in total. The molecule has 0 aliphatic rings. The first kappa shape index (κ1) is 31.6. The molecular weight excluding hydrogens is 360 g/mol. The van der Waals surface area contributed by atoms with E-state index >= 15 is 0 Å². The summed E-state index contributed by atoms with van der Waals surface area (Å²) in [5.41, 5.74) is 0. The molecule has 6 heteroatoms. The number of carbonyl (C=O) groups is 2. The highest BCUT2D eigenvalue weighted by atomic mass is 16.4. The molecule has 0 saturated heterocycles. The predicted molar refractivity (Wildman–Crippen MR) is 115 cm³/mol. The van der Waals surface area contributed by atoms with E-state index in [0.29, 0.717) is 12.8 Å². The van der Waals surface area contributed by atoms with Gasteiger partial charge in [0.25, 0.3) is 0 Å². The third kappa shape index (κ3) is 44.4. The summed E-state index contributed by atoms with van der Waals surface area (Å²) in [4.78, 5) is 20.3. The number of aliphatic carboxylic acids is 2. The molecule has 170 valence electrons. The van der Waals surface area contributed by atoms with Gasteiger partial charge in [0.15, 0.2) is 0 Å². The lowest BCUT2D eigenvalue weighted by Gasteiger charge is -1.98. The molecule has 4 N–H and O–H groups in total. The maximum atomic E-state index is 10.1. The van der Waals surface area contributed by atoms with Crippen molar-refractivity contribution in [2.24, 2.45) is 0 Å². The van der Waals surface area contributed by atoms with Crippen LogP contribution in [-0.2, 0) is 9.59 Å². The van der Waals surface area contributed by atoms with E-state index in [9.17, 15) is 9.59 Å². The summed E-state index contributed by atoms with van der Waals surface area (Å²) in [6, 6.07) is 0. The van der Waals surface area contributed by atoms with Gasteiger partial charge < -0.3 is 20.4 Å². The quantitative estimate of drug-likeness (QED) is 0.241. The third-order valence-corrected chi connectivity index (χ3v) is 4.09. The van der Waals surface area contributed by atoms with E-state index in [2.05, 4.69) is 13.8 Å². The number of aliphatic hydroxyl groups excluding tert-OH is 2. The van der Waals surface area contributed by atoms with Gasteiger partial charge in [0, 0.05) is 12.8 Å². The molecular formula is C22H46O6. The van der Waals surface area contributed by atoms with E-state index in [4.69, 9.17) is 20.4 Å². The Morgan fingerprint density at radius 1 is 0.500 bits per heavy atom. The van der Waals surface area contributed by atoms with Gasteiger partial charge in [-0.3, -0.25) is 9.59 Å². The van der Waals surface area contributed by atoms with Crippen LogP contribution in [0.5, 0.6) is 0 Å². The van der Waals surface area contributed by atoms with E-state index < -0.39 is 11.9 Å².